The minimum atomic E-state index is -1.23. The van der Waals surface area contributed by atoms with E-state index >= 15 is 0 Å². The zero-order valence-corrected chi connectivity index (χ0v) is 10.8. The summed E-state index contributed by atoms with van der Waals surface area (Å²) in [5.74, 6) is -1.86. The van der Waals surface area contributed by atoms with E-state index < -0.39 is 23.9 Å². The summed E-state index contributed by atoms with van der Waals surface area (Å²) in [5, 5.41) is 19.7. The molecule has 0 aromatic heterocycles. The van der Waals surface area contributed by atoms with Crippen LogP contribution >= 0.6 is 0 Å². The second-order valence-corrected chi connectivity index (χ2v) is 3.83. The third-order valence-corrected chi connectivity index (χ3v) is 2.44. The average Bonchev–Trinajstić information content (AvgIpc) is 2.34. The van der Waals surface area contributed by atoms with Crippen molar-refractivity contribution in [2.24, 2.45) is 5.73 Å². The Morgan fingerprint density at radius 1 is 1.47 bits per heavy atom. The molecule has 0 rings (SSSR count). The Morgan fingerprint density at radius 3 is 2.53 bits per heavy atom. The third kappa shape index (κ3) is 6.88. The molecule has 8 heteroatoms. The van der Waals surface area contributed by atoms with Gasteiger partial charge in [-0.05, 0) is 13.3 Å². The van der Waals surface area contributed by atoms with Crippen molar-refractivity contribution in [2.45, 2.75) is 32.2 Å². The number of carboxylic acids is 1. The first-order chi connectivity index (χ1) is 8.92. The van der Waals surface area contributed by atoms with Gasteiger partial charge in [0.15, 0.2) is 0 Å². The summed E-state index contributed by atoms with van der Waals surface area (Å²) in [6.07, 6.45) is -0.0198. The number of hydrogen-bond donors (Lipinski definition) is 3. The van der Waals surface area contributed by atoms with E-state index in [0.29, 0.717) is 6.54 Å². The largest absolute Gasteiger partial charge is 0.480 e. The van der Waals surface area contributed by atoms with E-state index in [-0.39, 0.29) is 25.8 Å². The molecule has 3 amide bonds. The molecule has 0 aromatic carbocycles. The number of urea groups is 1. The summed E-state index contributed by atoms with van der Waals surface area (Å²) in [4.78, 5) is 34.6. The van der Waals surface area contributed by atoms with Crippen molar-refractivity contribution in [3.05, 3.63) is 0 Å². The number of nitrogens with zero attached hydrogens (tertiary/aromatic N) is 2. The molecule has 0 radical (unpaired) electrons. The third-order valence-electron chi connectivity index (χ3n) is 2.44. The number of carboxylic acid groups (broad SMARTS) is 1. The molecule has 8 nitrogen and oxygen atoms in total. The highest BCUT2D eigenvalue weighted by atomic mass is 16.4. The number of carbonyl (C=O) groups is 3. The summed E-state index contributed by atoms with van der Waals surface area (Å²) in [7, 11) is 0. The summed E-state index contributed by atoms with van der Waals surface area (Å²) in [5.41, 5.74) is 4.93. The van der Waals surface area contributed by atoms with Crippen molar-refractivity contribution < 1.29 is 19.5 Å². The van der Waals surface area contributed by atoms with Gasteiger partial charge in [0, 0.05) is 19.5 Å². The maximum Gasteiger partial charge on any atom is 0.326 e. The van der Waals surface area contributed by atoms with Crippen LogP contribution in [0, 0.1) is 11.3 Å². The summed E-state index contributed by atoms with van der Waals surface area (Å²) in [6.45, 7) is 2.30. The highest BCUT2D eigenvalue weighted by molar-refractivity contribution is 5.83. The van der Waals surface area contributed by atoms with Crippen molar-refractivity contribution in [3.63, 3.8) is 0 Å². The molecule has 19 heavy (non-hydrogen) atoms. The van der Waals surface area contributed by atoms with Crippen LogP contribution in [0.5, 0.6) is 0 Å². The number of aliphatic carboxylic acids is 1. The van der Waals surface area contributed by atoms with Crippen LogP contribution in [0.25, 0.3) is 0 Å². The van der Waals surface area contributed by atoms with E-state index in [0.717, 1.165) is 0 Å². The zero-order valence-electron chi connectivity index (χ0n) is 10.8. The second-order valence-electron chi connectivity index (χ2n) is 3.83. The van der Waals surface area contributed by atoms with Gasteiger partial charge in [0.1, 0.15) is 6.04 Å². The number of primary amides is 1. The van der Waals surface area contributed by atoms with Gasteiger partial charge < -0.3 is 21.1 Å². The number of amides is 3. The van der Waals surface area contributed by atoms with Gasteiger partial charge in [0.25, 0.3) is 0 Å². The predicted molar refractivity (Wildman–Crippen MR) is 65.9 cm³/mol. The lowest BCUT2D eigenvalue weighted by atomic mass is 10.1. The molecular weight excluding hydrogens is 252 g/mol. The number of rotatable bonds is 8. The van der Waals surface area contributed by atoms with Crippen molar-refractivity contribution in [1.82, 2.24) is 10.2 Å². The minimum absolute atomic E-state index is 0.0633. The Hall–Kier alpha value is -2.30. The Bertz CT molecular complexity index is 377. The Labute approximate surface area is 111 Å². The minimum Gasteiger partial charge on any atom is -0.480 e. The summed E-state index contributed by atoms with van der Waals surface area (Å²) >= 11 is 0. The lowest BCUT2D eigenvalue weighted by Gasteiger charge is -2.22. The molecule has 0 bridgehead atoms. The Balaban J connectivity index is 4.47. The molecule has 0 spiro atoms. The number of nitrogens with two attached hydrogens (primary N) is 1. The predicted octanol–water partition coefficient (Wildman–Crippen LogP) is -0.350. The highest BCUT2D eigenvalue weighted by Crippen LogP contribution is 2.00. The van der Waals surface area contributed by atoms with E-state index in [2.05, 4.69) is 5.32 Å². The highest BCUT2D eigenvalue weighted by Gasteiger charge is 2.22. The fraction of sp³-hybridized carbons (Fsp3) is 0.636. The van der Waals surface area contributed by atoms with E-state index in [9.17, 15) is 14.4 Å². The summed E-state index contributed by atoms with van der Waals surface area (Å²) in [6, 6.07) is 0.160. The van der Waals surface area contributed by atoms with Crippen LogP contribution in [0.1, 0.15) is 26.2 Å². The van der Waals surface area contributed by atoms with Gasteiger partial charge in [-0.3, -0.25) is 4.79 Å². The molecule has 0 saturated heterocycles. The van der Waals surface area contributed by atoms with Crippen molar-refractivity contribution in [1.29, 1.82) is 5.26 Å². The van der Waals surface area contributed by atoms with E-state index in [1.54, 1.807) is 6.92 Å². The lowest BCUT2D eigenvalue weighted by Crippen LogP contribution is -2.48. The van der Waals surface area contributed by atoms with Crippen molar-refractivity contribution >= 4 is 17.9 Å². The fourth-order valence-corrected chi connectivity index (χ4v) is 1.37. The molecule has 4 N–H and O–H groups in total. The maximum atomic E-state index is 11.8. The van der Waals surface area contributed by atoms with Crippen LogP contribution in [-0.2, 0) is 9.59 Å². The molecule has 0 aliphatic carbocycles. The van der Waals surface area contributed by atoms with Gasteiger partial charge >= 0.3 is 12.0 Å². The van der Waals surface area contributed by atoms with E-state index in [4.69, 9.17) is 16.1 Å². The van der Waals surface area contributed by atoms with E-state index in [1.165, 1.54) is 4.90 Å². The first-order valence-corrected chi connectivity index (χ1v) is 5.85. The topological polar surface area (TPSA) is 137 Å². The molecule has 0 heterocycles. The van der Waals surface area contributed by atoms with Gasteiger partial charge in [-0.2, -0.15) is 5.26 Å². The normalized spacial score (nSPS) is 11.2. The first-order valence-electron chi connectivity index (χ1n) is 5.85. The number of nitriles is 1. The number of nitrogens with one attached hydrogen (secondary N) is 1. The van der Waals surface area contributed by atoms with Crippen LogP contribution in [0.2, 0.25) is 0 Å². The number of carbonyl (C=O) groups excluding carboxylic acids is 2. The van der Waals surface area contributed by atoms with Gasteiger partial charge in [-0.15, -0.1) is 0 Å². The quantitative estimate of drug-likeness (QED) is 0.553. The maximum absolute atomic E-state index is 11.8. The summed E-state index contributed by atoms with van der Waals surface area (Å²) < 4.78 is 0. The van der Waals surface area contributed by atoms with Gasteiger partial charge in [0.2, 0.25) is 5.91 Å². The zero-order chi connectivity index (χ0) is 14.8. The molecule has 0 saturated carbocycles. The van der Waals surface area contributed by atoms with Crippen LogP contribution in [-0.4, -0.2) is 47.0 Å². The van der Waals surface area contributed by atoms with Crippen LogP contribution in [0.4, 0.5) is 4.79 Å². The molecule has 0 aromatic rings. The molecule has 0 aliphatic heterocycles. The van der Waals surface area contributed by atoms with Gasteiger partial charge in [-0.25, -0.2) is 9.59 Å². The number of hydrogen-bond acceptors (Lipinski definition) is 4. The monoisotopic (exact) mass is 270 g/mol. The molecule has 0 aliphatic rings. The van der Waals surface area contributed by atoms with Crippen LogP contribution in [0.3, 0.4) is 0 Å². The van der Waals surface area contributed by atoms with Crippen LogP contribution in [0.15, 0.2) is 0 Å². The van der Waals surface area contributed by atoms with Crippen molar-refractivity contribution in [3.8, 4) is 6.07 Å². The molecule has 0 fully saturated rings. The average molecular weight is 270 g/mol. The van der Waals surface area contributed by atoms with Crippen molar-refractivity contribution in [2.75, 3.05) is 13.1 Å². The van der Waals surface area contributed by atoms with Gasteiger partial charge in [-0.1, -0.05) is 0 Å². The lowest BCUT2D eigenvalue weighted by molar-refractivity contribution is -0.139. The first kappa shape index (κ1) is 16.7. The SMILES string of the molecule is CCN(CCC#N)C(=O)N[C@H](CCC(N)=O)C(=O)O. The van der Waals surface area contributed by atoms with E-state index in [1.807, 2.05) is 6.07 Å². The fourth-order valence-electron chi connectivity index (χ4n) is 1.37. The standard InChI is InChI=1S/C11H18N4O4/c1-2-15(7-3-6-12)11(19)14-8(10(17)18)4-5-9(13)16/h8H,2-5,7H2,1H3,(H2,13,16)(H,14,19)(H,17,18)/t8-/m1/s1. The second kappa shape index (κ2) is 8.74. The van der Waals surface area contributed by atoms with Gasteiger partial charge in [0.05, 0.1) is 12.5 Å². The molecular formula is C11H18N4O4. The van der Waals surface area contributed by atoms with Crippen LogP contribution < -0.4 is 11.1 Å². The Kier molecular flexibility index (Phi) is 7.68. The Morgan fingerprint density at radius 2 is 2.11 bits per heavy atom. The molecule has 1 atom stereocenters. The molecule has 106 valence electrons. The molecule has 0 unspecified atom stereocenters. The smallest absolute Gasteiger partial charge is 0.326 e.